The number of halogens is 1. The van der Waals surface area contributed by atoms with Crippen molar-refractivity contribution in [1.29, 1.82) is 5.26 Å². The lowest BCUT2D eigenvalue weighted by Gasteiger charge is -2.31. The molecule has 0 atom stereocenters. The van der Waals surface area contributed by atoms with Crippen molar-refractivity contribution >= 4 is 28.7 Å². The molecule has 3 N–H and O–H groups in total. The summed E-state index contributed by atoms with van der Waals surface area (Å²) in [5.74, 6) is 0.946. The van der Waals surface area contributed by atoms with E-state index >= 15 is 0 Å². The molecule has 0 spiro atoms. The first kappa shape index (κ1) is 34.2. The van der Waals surface area contributed by atoms with Crippen LogP contribution in [-0.4, -0.2) is 77.6 Å². The van der Waals surface area contributed by atoms with Crippen molar-refractivity contribution in [1.82, 2.24) is 20.2 Å². The van der Waals surface area contributed by atoms with E-state index in [1.54, 1.807) is 24.4 Å². The van der Waals surface area contributed by atoms with E-state index in [9.17, 15) is 15.5 Å². The number of pyridine rings is 1. The first-order valence-electron chi connectivity index (χ1n) is 16.1. The van der Waals surface area contributed by atoms with Crippen molar-refractivity contribution in [3.8, 4) is 28.7 Å². The van der Waals surface area contributed by atoms with Crippen LogP contribution in [0, 0.1) is 18.3 Å². The highest BCUT2D eigenvalue weighted by atomic mass is 35.5. The molecular weight excluding hydrogens is 644 g/mol. The third-order valence-corrected chi connectivity index (χ3v) is 9.04. The number of aromatic nitrogens is 2. The number of anilines is 1. The number of aliphatic hydroxyl groups excluding tert-OH is 2. The summed E-state index contributed by atoms with van der Waals surface area (Å²) in [6, 6.07) is 19.7. The number of oxazole rings is 1. The molecule has 6 rings (SSSR count). The number of nitriles is 1. The zero-order valence-electron chi connectivity index (χ0n) is 27.5. The second kappa shape index (κ2) is 15.7. The monoisotopic (exact) mass is 682 g/mol. The van der Waals surface area contributed by atoms with Crippen LogP contribution in [0.2, 0.25) is 5.02 Å². The molecular formula is C37H39ClN6O5. The number of piperazine rings is 1. The van der Waals surface area contributed by atoms with Gasteiger partial charge in [-0.05, 0) is 60.5 Å². The van der Waals surface area contributed by atoms with Gasteiger partial charge in [0.25, 0.3) is 6.01 Å². The Morgan fingerprint density at radius 2 is 1.78 bits per heavy atom. The number of nitrogens with one attached hydrogen (secondary N) is 1. The highest BCUT2D eigenvalue weighted by molar-refractivity contribution is 6.32. The molecule has 49 heavy (non-hydrogen) atoms. The summed E-state index contributed by atoms with van der Waals surface area (Å²) in [5, 5.41) is 31.8. The van der Waals surface area contributed by atoms with Gasteiger partial charge in [-0.15, -0.1) is 0 Å². The van der Waals surface area contributed by atoms with Crippen molar-refractivity contribution in [3.63, 3.8) is 0 Å². The van der Waals surface area contributed by atoms with Gasteiger partial charge < -0.3 is 39.2 Å². The molecule has 0 radical (unpaired) electrons. The van der Waals surface area contributed by atoms with Crippen LogP contribution in [0.25, 0.3) is 22.2 Å². The van der Waals surface area contributed by atoms with Gasteiger partial charge in [0, 0.05) is 62.3 Å². The van der Waals surface area contributed by atoms with Gasteiger partial charge in [0.15, 0.2) is 5.58 Å². The fraction of sp³-hybridized carbons (Fsp3) is 0.324. The molecule has 11 nitrogen and oxygen atoms in total. The van der Waals surface area contributed by atoms with Gasteiger partial charge in [-0.3, -0.25) is 4.98 Å². The van der Waals surface area contributed by atoms with Crippen molar-refractivity contribution in [2.24, 2.45) is 0 Å². The number of aliphatic hydroxyl groups is 2. The number of hydrogen-bond acceptors (Lipinski definition) is 11. The molecule has 1 fully saturated rings. The van der Waals surface area contributed by atoms with Crippen LogP contribution < -0.4 is 19.7 Å². The lowest BCUT2D eigenvalue weighted by molar-refractivity contribution is 0.170. The molecule has 0 amide bonds. The summed E-state index contributed by atoms with van der Waals surface area (Å²) in [5.41, 5.74) is 7.63. The molecule has 3 aromatic carbocycles. The predicted molar refractivity (Wildman–Crippen MR) is 188 cm³/mol. The van der Waals surface area contributed by atoms with Gasteiger partial charge in [-0.2, -0.15) is 10.2 Å². The average Bonchev–Trinajstić information content (AvgIpc) is 3.55. The molecule has 5 aromatic rings. The third-order valence-electron chi connectivity index (χ3n) is 8.75. The Morgan fingerprint density at radius 3 is 2.55 bits per heavy atom. The number of hydrogen-bond donors (Lipinski definition) is 3. The van der Waals surface area contributed by atoms with E-state index in [-0.39, 0.29) is 33.0 Å². The SMILES string of the molecule is Cc1c(COc2cc(OCc3cncc(C#N)c3)c(CNC(CO)CO)cc2Cl)cccc1-c1ccc2oc(N3CCN(C)CC3)nc2c1. The maximum Gasteiger partial charge on any atom is 0.298 e. The van der Waals surface area contributed by atoms with E-state index in [1.807, 2.05) is 18.2 Å². The maximum atomic E-state index is 9.53. The van der Waals surface area contributed by atoms with Crippen LogP contribution in [0.1, 0.15) is 27.8 Å². The molecule has 1 aliphatic heterocycles. The zero-order valence-corrected chi connectivity index (χ0v) is 28.3. The van der Waals surface area contributed by atoms with Gasteiger partial charge >= 0.3 is 0 Å². The summed E-state index contributed by atoms with van der Waals surface area (Å²) in [7, 11) is 2.13. The number of ether oxygens (including phenoxy) is 2. The predicted octanol–water partition coefficient (Wildman–Crippen LogP) is 5.08. The summed E-state index contributed by atoms with van der Waals surface area (Å²) in [6.07, 6.45) is 3.13. The van der Waals surface area contributed by atoms with E-state index < -0.39 is 6.04 Å². The third kappa shape index (κ3) is 8.13. The quantitative estimate of drug-likeness (QED) is 0.153. The minimum atomic E-state index is -0.502. The second-order valence-electron chi connectivity index (χ2n) is 12.2. The van der Waals surface area contributed by atoms with Crippen LogP contribution in [0.5, 0.6) is 11.5 Å². The Bertz CT molecular complexity index is 1950. The van der Waals surface area contributed by atoms with Crippen LogP contribution in [0.3, 0.4) is 0 Å². The smallest absolute Gasteiger partial charge is 0.298 e. The lowest BCUT2D eigenvalue weighted by atomic mass is 9.96. The molecule has 254 valence electrons. The average molecular weight is 683 g/mol. The molecule has 1 saturated heterocycles. The second-order valence-corrected chi connectivity index (χ2v) is 12.6. The highest BCUT2D eigenvalue weighted by Gasteiger charge is 2.20. The largest absolute Gasteiger partial charge is 0.488 e. The van der Waals surface area contributed by atoms with E-state index in [1.165, 1.54) is 6.20 Å². The molecule has 12 heteroatoms. The summed E-state index contributed by atoms with van der Waals surface area (Å²) < 4.78 is 18.6. The van der Waals surface area contributed by atoms with Crippen LogP contribution >= 0.6 is 11.6 Å². The Labute approximate surface area is 290 Å². The number of fused-ring (bicyclic) bond motifs is 1. The molecule has 0 aliphatic carbocycles. The van der Waals surface area contributed by atoms with Gasteiger partial charge in [-0.25, -0.2) is 0 Å². The summed E-state index contributed by atoms with van der Waals surface area (Å²) in [6.45, 7) is 6.05. The van der Waals surface area contributed by atoms with E-state index in [4.69, 9.17) is 30.5 Å². The van der Waals surface area contributed by atoms with E-state index in [2.05, 4.69) is 58.3 Å². The minimum Gasteiger partial charge on any atom is -0.488 e. The normalized spacial score (nSPS) is 13.6. The fourth-order valence-corrected chi connectivity index (χ4v) is 5.95. The van der Waals surface area contributed by atoms with Gasteiger partial charge in [0.05, 0.1) is 29.8 Å². The molecule has 0 bridgehead atoms. The Hall–Kier alpha value is -4.70. The molecule has 2 aromatic heterocycles. The van der Waals surface area contributed by atoms with Crippen molar-refractivity contribution in [2.45, 2.75) is 32.7 Å². The van der Waals surface area contributed by atoms with E-state index in [0.717, 1.165) is 65.1 Å². The Balaban J connectivity index is 1.21. The molecule has 0 saturated carbocycles. The van der Waals surface area contributed by atoms with Crippen LogP contribution in [0.15, 0.2) is 71.4 Å². The summed E-state index contributed by atoms with van der Waals surface area (Å²) in [4.78, 5) is 13.4. The highest BCUT2D eigenvalue weighted by Crippen LogP contribution is 2.35. The van der Waals surface area contributed by atoms with Crippen molar-refractivity contribution in [3.05, 3.63) is 99.8 Å². The fourth-order valence-electron chi connectivity index (χ4n) is 5.71. The van der Waals surface area contributed by atoms with E-state index in [0.29, 0.717) is 33.7 Å². The number of rotatable bonds is 13. The number of likely N-dealkylation sites (N-methyl/N-ethyl adjacent to an activating group) is 1. The molecule has 0 unspecified atom stereocenters. The van der Waals surface area contributed by atoms with Crippen LogP contribution in [0.4, 0.5) is 6.01 Å². The standard InChI is InChI=1S/C37H39ClN6O5/c1-24-28(4-3-5-31(24)27-6-7-34-33(14-27)42-37(49-34)44-10-8-43(2)9-11-44)23-48-36-15-35(47-22-26-12-25(16-39)17-40-18-26)29(13-32(36)38)19-41-30(20-45)21-46/h3-7,12-15,17-18,30,41,45-46H,8-11,19-23H2,1-2H3. The lowest BCUT2D eigenvalue weighted by Crippen LogP contribution is -2.44. The minimum absolute atomic E-state index is 0.161. The van der Waals surface area contributed by atoms with Crippen molar-refractivity contribution in [2.75, 3.05) is 51.3 Å². The van der Waals surface area contributed by atoms with Crippen molar-refractivity contribution < 1.29 is 24.1 Å². The summed E-state index contributed by atoms with van der Waals surface area (Å²) >= 11 is 6.72. The van der Waals surface area contributed by atoms with Gasteiger partial charge in [-0.1, -0.05) is 35.9 Å². The number of benzene rings is 3. The van der Waals surface area contributed by atoms with Gasteiger partial charge in [0.2, 0.25) is 0 Å². The number of nitrogens with zero attached hydrogens (tertiary/aromatic N) is 5. The first-order valence-corrected chi connectivity index (χ1v) is 16.5. The van der Waals surface area contributed by atoms with Gasteiger partial charge in [0.1, 0.15) is 36.3 Å². The van der Waals surface area contributed by atoms with Crippen LogP contribution in [-0.2, 0) is 19.8 Å². The molecule has 1 aliphatic rings. The first-order chi connectivity index (χ1) is 23.8. The maximum absolute atomic E-state index is 9.53. The topological polar surface area (TPSA) is 140 Å². The Morgan fingerprint density at radius 1 is 0.980 bits per heavy atom. The Kier molecular flexibility index (Phi) is 10.9. The zero-order chi connectivity index (χ0) is 34.3. The molecule has 3 heterocycles.